The van der Waals surface area contributed by atoms with Crippen molar-refractivity contribution in [2.75, 3.05) is 26.3 Å². The summed E-state index contributed by atoms with van der Waals surface area (Å²) in [5, 5.41) is 2.50. The second kappa shape index (κ2) is 11.0. The van der Waals surface area contributed by atoms with Gasteiger partial charge in [-0.25, -0.2) is 8.42 Å². The van der Waals surface area contributed by atoms with Gasteiger partial charge in [0.2, 0.25) is 15.9 Å². The van der Waals surface area contributed by atoms with Crippen molar-refractivity contribution in [1.82, 2.24) is 9.62 Å². The van der Waals surface area contributed by atoms with Crippen LogP contribution in [0, 0.1) is 0 Å². The summed E-state index contributed by atoms with van der Waals surface area (Å²) in [4.78, 5) is 14.5. The largest absolute Gasteiger partial charge is 0.379 e. The molecule has 1 amide bonds. The van der Waals surface area contributed by atoms with Crippen LogP contribution in [0.15, 0.2) is 94.7 Å². The molecule has 6 nitrogen and oxygen atoms in total. The number of nitrogens with one attached hydrogen (secondary N) is 1. The zero-order valence-electron chi connectivity index (χ0n) is 18.1. The Kier molecular flexibility index (Phi) is 7.82. The summed E-state index contributed by atoms with van der Waals surface area (Å²) < 4.78 is 33.1. The first-order chi connectivity index (χ1) is 16.1. The molecule has 172 valence electrons. The molecule has 1 N–H and O–H groups in total. The van der Waals surface area contributed by atoms with E-state index in [4.69, 9.17) is 4.74 Å². The molecule has 0 bridgehead atoms. The van der Waals surface area contributed by atoms with Gasteiger partial charge >= 0.3 is 0 Å². The quantitative estimate of drug-likeness (QED) is 0.494. The van der Waals surface area contributed by atoms with Gasteiger partial charge in [-0.1, -0.05) is 66.7 Å². The Morgan fingerprint density at radius 1 is 0.909 bits per heavy atom. The SMILES string of the molecule is O=C(NCc1ccccc1S(=O)(=O)N1CCOCC1)C(Sc1ccccc1)c1ccccc1. The average Bonchev–Trinajstić information content (AvgIpc) is 2.87. The topological polar surface area (TPSA) is 75.7 Å². The van der Waals surface area contributed by atoms with Crippen molar-refractivity contribution in [2.24, 2.45) is 0 Å². The summed E-state index contributed by atoms with van der Waals surface area (Å²) >= 11 is 1.47. The lowest BCUT2D eigenvalue weighted by atomic mass is 10.1. The molecule has 0 saturated carbocycles. The minimum atomic E-state index is -3.66. The number of carbonyl (C=O) groups is 1. The van der Waals surface area contributed by atoms with Gasteiger partial charge in [-0.3, -0.25) is 4.79 Å². The Labute approximate surface area is 199 Å². The van der Waals surface area contributed by atoms with Gasteiger partial charge in [0, 0.05) is 24.5 Å². The lowest BCUT2D eigenvalue weighted by Gasteiger charge is -2.27. The van der Waals surface area contributed by atoms with Gasteiger partial charge in [0.15, 0.2) is 0 Å². The molecule has 8 heteroatoms. The van der Waals surface area contributed by atoms with Crippen LogP contribution in [0.4, 0.5) is 0 Å². The van der Waals surface area contributed by atoms with Crippen LogP contribution >= 0.6 is 11.8 Å². The van der Waals surface area contributed by atoms with E-state index in [1.54, 1.807) is 24.3 Å². The maximum Gasteiger partial charge on any atom is 0.243 e. The number of carbonyl (C=O) groups excluding carboxylic acids is 1. The number of ether oxygens (including phenoxy) is 1. The van der Waals surface area contributed by atoms with Crippen LogP contribution in [0.5, 0.6) is 0 Å². The summed E-state index contributed by atoms with van der Waals surface area (Å²) in [7, 11) is -3.66. The maximum atomic E-state index is 13.3. The van der Waals surface area contributed by atoms with E-state index >= 15 is 0 Å². The fraction of sp³-hybridized carbons (Fsp3) is 0.240. The highest BCUT2D eigenvalue weighted by Gasteiger charge is 2.29. The highest BCUT2D eigenvalue weighted by molar-refractivity contribution is 8.00. The minimum absolute atomic E-state index is 0.122. The number of nitrogens with zero attached hydrogens (tertiary/aromatic N) is 1. The Hall–Kier alpha value is -2.65. The molecule has 1 aliphatic heterocycles. The number of morpholine rings is 1. The molecule has 1 fully saturated rings. The van der Waals surface area contributed by atoms with Gasteiger partial charge in [-0.05, 0) is 29.3 Å². The predicted octanol–water partition coefficient (Wildman–Crippen LogP) is 3.86. The van der Waals surface area contributed by atoms with Crippen LogP contribution in [0.1, 0.15) is 16.4 Å². The maximum absolute atomic E-state index is 13.3. The van der Waals surface area contributed by atoms with E-state index in [-0.39, 0.29) is 17.3 Å². The smallest absolute Gasteiger partial charge is 0.243 e. The van der Waals surface area contributed by atoms with Crippen molar-refractivity contribution in [2.45, 2.75) is 21.6 Å². The van der Waals surface area contributed by atoms with E-state index in [1.165, 1.54) is 16.1 Å². The van der Waals surface area contributed by atoms with Crippen LogP contribution in [0.3, 0.4) is 0 Å². The van der Waals surface area contributed by atoms with Gasteiger partial charge < -0.3 is 10.1 Å². The third-order valence-electron chi connectivity index (χ3n) is 5.35. The number of hydrogen-bond acceptors (Lipinski definition) is 5. The fourth-order valence-corrected chi connectivity index (χ4v) is 6.34. The lowest BCUT2D eigenvalue weighted by molar-refractivity contribution is -0.120. The van der Waals surface area contributed by atoms with Crippen molar-refractivity contribution in [3.63, 3.8) is 0 Å². The first kappa shape index (κ1) is 23.5. The third kappa shape index (κ3) is 5.83. The first-order valence-electron chi connectivity index (χ1n) is 10.8. The van der Waals surface area contributed by atoms with Crippen LogP contribution in [0.2, 0.25) is 0 Å². The van der Waals surface area contributed by atoms with E-state index in [1.807, 2.05) is 60.7 Å². The second-order valence-corrected chi connectivity index (χ2v) is 10.6. The standard InChI is InChI=1S/C25H26N2O4S2/c28-25(24(20-9-3-1-4-10-20)32-22-12-5-2-6-13-22)26-19-21-11-7-8-14-23(21)33(29,30)27-15-17-31-18-16-27/h1-14,24H,15-19H2,(H,26,28). The molecule has 3 aromatic carbocycles. The van der Waals surface area contributed by atoms with Crippen molar-refractivity contribution in [3.8, 4) is 0 Å². The Bertz CT molecular complexity index is 1170. The monoisotopic (exact) mass is 482 g/mol. The Morgan fingerprint density at radius 3 is 2.21 bits per heavy atom. The molecule has 1 heterocycles. The summed E-state index contributed by atoms with van der Waals surface area (Å²) in [5.74, 6) is -0.173. The minimum Gasteiger partial charge on any atom is -0.379 e. The number of rotatable bonds is 8. The molecule has 1 saturated heterocycles. The van der Waals surface area contributed by atoms with Gasteiger partial charge in [0.1, 0.15) is 5.25 Å². The second-order valence-electron chi connectivity index (χ2n) is 7.56. The summed E-state index contributed by atoms with van der Waals surface area (Å²) in [5.41, 5.74) is 1.45. The molecule has 4 rings (SSSR count). The Morgan fingerprint density at radius 2 is 1.52 bits per heavy atom. The third-order valence-corrected chi connectivity index (χ3v) is 8.62. The van der Waals surface area contributed by atoms with Crippen molar-refractivity contribution in [3.05, 3.63) is 96.1 Å². The van der Waals surface area contributed by atoms with Gasteiger partial charge in [-0.2, -0.15) is 4.31 Å². The van der Waals surface area contributed by atoms with Crippen molar-refractivity contribution in [1.29, 1.82) is 0 Å². The van der Waals surface area contributed by atoms with E-state index in [9.17, 15) is 13.2 Å². The fourth-order valence-electron chi connectivity index (χ4n) is 3.64. The molecule has 0 aromatic heterocycles. The zero-order chi connectivity index (χ0) is 23.1. The lowest BCUT2D eigenvalue weighted by Crippen LogP contribution is -2.41. The van der Waals surface area contributed by atoms with Gasteiger partial charge in [0.05, 0.1) is 18.1 Å². The summed E-state index contributed by atoms with van der Waals surface area (Å²) in [6.45, 7) is 1.54. The highest BCUT2D eigenvalue weighted by Crippen LogP contribution is 2.35. The normalized spacial score (nSPS) is 15.6. The molecule has 1 aliphatic rings. The Balaban J connectivity index is 1.53. The zero-order valence-corrected chi connectivity index (χ0v) is 19.7. The van der Waals surface area contributed by atoms with Crippen molar-refractivity contribution >= 4 is 27.7 Å². The molecule has 3 aromatic rings. The molecule has 0 aliphatic carbocycles. The van der Waals surface area contributed by atoms with Crippen molar-refractivity contribution < 1.29 is 17.9 Å². The highest BCUT2D eigenvalue weighted by atomic mass is 32.2. The first-order valence-corrected chi connectivity index (χ1v) is 13.1. The van der Waals surface area contributed by atoms with Gasteiger partial charge in [-0.15, -0.1) is 11.8 Å². The number of amides is 1. The molecular weight excluding hydrogens is 456 g/mol. The van der Waals surface area contributed by atoms with Crippen LogP contribution in [0.25, 0.3) is 0 Å². The summed E-state index contributed by atoms with van der Waals surface area (Å²) in [6, 6.07) is 26.2. The van der Waals surface area contributed by atoms with Crippen LogP contribution in [-0.4, -0.2) is 44.9 Å². The average molecular weight is 483 g/mol. The van der Waals surface area contributed by atoms with E-state index in [0.29, 0.717) is 31.9 Å². The van der Waals surface area contributed by atoms with E-state index < -0.39 is 15.3 Å². The number of sulfonamides is 1. The molecule has 0 radical (unpaired) electrons. The number of hydrogen-bond donors (Lipinski definition) is 1. The molecular formula is C25H26N2O4S2. The molecule has 1 unspecified atom stereocenters. The molecule has 1 atom stereocenters. The number of thioether (sulfide) groups is 1. The van der Waals surface area contributed by atoms with E-state index in [0.717, 1.165) is 10.5 Å². The van der Waals surface area contributed by atoms with Crippen LogP contribution in [-0.2, 0) is 26.1 Å². The molecule has 33 heavy (non-hydrogen) atoms. The van der Waals surface area contributed by atoms with Gasteiger partial charge in [0.25, 0.3) is 0 Å². The predicted molar refractivity (Wildman–Crippen MR) is 129 cm³/mol. The number of benzene rings is 3. The van der Waals surface area contributed by atoms with E-state index in [2.05, 4.69) is 5.32 Å². The summed E-state index contributed by atoms with van der Waals surface area (Å²) in [6.07, 6.45) is 0. The van der Waals surface area contributed by atoms with Crippen LogP contribution < -0.4 is 5.32 Å². The molecule has 0 spiro atoms.